The summed E-state index contributed by atoms with van der Waals surface area (Å²) >= 11 is 0. The second-order valence-corrected chi connectivity index (χ2v) is 10.9. The molecule has 1 aliphatic heterocycles. The molecule has 4 heterocycles. The number of halogens is 2. The van der Waals surface area contributed by atoms with E-state index in [-0.39, 0.29) is 5.69 Å². The molecule has 1 aliphatic carbocycles. The summed E-state index contributed by atoms with van der Waals surface area (Å²) in [6.07, 6.45) is 9.94. The lowest BCUT2D eigenvalue weighted by Crippen LogP contribution is -2.39. The summed E-state index contributed by atoms with van der Waals surface area (Å²) in [5, 5.41) is 7.48. The summed E-state index contributed by atoms with van der Waals surface area (Å²) in [7, 11) is 0. The van der Waals surface area contributed by atoms with Crippen LogP contribution in [0, 0.1) is 17.6 Å². The van der Waals surface area contributed by atoms with Gasteiger partial charge in [0.2, 0.25) is 0 Å². The molecule has 1 saturated heterocycles. The highest BCUT2D eigenvalue weighted by atomic mass is 19.1. The predicted molar refractivity (Wildman–Crippen MR) is 150 cm³/mol. The van der Waals surface area contributed by atoms with E-state index in [2.05, 4.69) is 39.3 Å². The highest BCUT2D eigenvalue weighted by Gasteiger charge is 2.28. The molecule has 202 valence electrons. The van der Waals surface area contributed by atoms with E-state index in [1.165, 1.54) is 23.8 Å². The number of likely N-dealkylation sites (tertiary alicyclic amines) is 1. The minimum atomic E-state index is -0.687. The van der Waals surface area contributed by atoms with Crippen LogP contribution in [0.2, 0.25) is 0 Å². The molecule has 2 fully saturated rings. The molecule has 0 amide bonds. The van der Waals surface area contributed by atoms with Gasteiger partial charge in [-0.3, -0.25) is 4.98 Å². The van der Waals surface area contributed by atoms with Crippen LogP contribution < -0.4 is 10.6 Å². The van der Waals surface area contributed by atoms with Gasteiger partial charge in [-0.2, -0.15) is 0 Å². The van der Waals surface area contributed by atoms with Crippen LogP contribution in [-0.4, -0.2) is 50.5 Å². The first kappa shape index (κ1) is 25.6. The van der Waals surface area contributed by atoms with Crippen molar-refractivity contribution in [2.75, 3.05) is 30.3 Å². The van der Waals surface area contributed by atoms with Crippen LogP contribution in [0.4, 0.5) is 26.1 Å². The minimum absolute atomic E-state index is 0.245. The first-order valence-corrected chi connectivity index (χ1v) is 13.8. The van der Waals surface area contributed by atoms with E-state index in [9.17, 15) is 8.78 Å². The number of pyridine rings is 2. The second kappa shape index (κ2) is 10.8. The van der Waals surface area contributed by atoms with Gasteiger partial charge in [0, 0.05) is 35.9 Å². The van der Waals surface area contributed by atoms with Gasteiger partial charge >= 0.3 is 0 Å². The summed E-state index contributed by atoms with van der Waals surface area (Å²) in [5.74, 6) is 1.33. The molecule has 0 unspecified atom stereocenters. The fraction of sp³-hybridized carbons (Fsp3) is 0.400. The third-order valence-electron chi connectivity index (χ3n) is 7.82. The number of para-hydroxylation sites is 1. The van der Waals surface area contributed by atoms with Crippen molar-refractivity contribution in [1.82, 2.24) is 24.8 Å². The summed E-state index contributed by atoms with van der Waals surface area (Å²) in [6.45, 7) is 7.60. The van der Waals surface area contributed by atoms with Crippen LogP contribution in [0.5, 0.6) is 0 Å². The summed E-state index contributed by atoms with van der Waals surface area (Å²) in [6, 6.07) is 7.82. The van der Waals surface area contributed by atoms with Gasteiger partial charge in [0.15, 0.2) is 5.82 Å². The Labute approximate surface area is 227 Å². The fourth-order valence-corrected chi connectivity index (χ4v) is 5.37. The molecule has 39 heavy (non-hydrogen) atoms. The average Bonchev–Trinajstić information content (AvgIpc) is 3.79. The Balaban J connectivity index is 1.31. The van der Waals surface area contributed by atoms with Gasteiger partial charge in [0.1, 0.15) is 29.0 Å². The molecule has 7 nitrogen and oxygen atoms in total. The Morgan fingerprint density at radius 1 is 1.00 bits per heavy atom. The van der Waals surface area contributed by atoms with E-state index in [0.717, 1.165) is 62.0 Å². The number of hydrogen-bond acceptors (Lipinski definition) is 7. The maximum absolute atomic E-state index is 14.2. The molecular formula is C30H33F2N7. The maximum Gasteiger partial charge on any atom is 0.162 e. The Bertz CT molecular complexity index is 1460. The van der Waals surface area contributed by atoms with Gasteiger partial charge in [-0.25, -0.2) is 23.7 Å². The van der Waals surface area contributed by atoms with Crippen molar-refractivity contribution in [1.29, 1.82) is 0 Å². The lowest BCUT2D eigenvalue weighted by Gasteiger charge is -2.34. The van der Waals surface area contributed by atoms with Crippen molar-refractivity contribution < 1.29 is 8.78 Å². The zero-order valence-electron chi connectivity index (χ0n) is 22.3. The van der Waals surface area contributed by atoms with E-state index >= 15 is 0 Å². The van der Waals surface area contributed by atoms with Crippen molar-refractivity contribution >= 4 is 28.2 Å². The van der Waals surface area contributed by atoms with Gasteiger partial charge in [0.05, 0.1) is 11.7 Å². The number of piperidine rings is 1. The smallest absolute Gasteiger partial charge is 0.162 e. The molecule has 2 aliphatic rings. The molecule has 4 aromatic rings. The summed E-state index contributed by atoms with van der Waals surface area (Å²) in [5.41, 5.74) is 2.43. The average molecular weight is 530 g/mol. The molecule has 6 rings (SSSR count). The van der Waals surface area contributed by atoms with Crippen LogP contribution in [0.3, 0.4) is 0 Å². The van der Waals surface area contributed by atoms with Crippen LogP contribution in [-0.2, 0) is 0 Å². The molecule has 0 atom stereocenters. The van der Waals surface area contributed by atoms with Crippen molar-refractivity contribution in [3.8, 4) is 11.4 Å². The number of nitrogens with zero attached hydrogens (tertiary/aromatic N) is 5. The topological polar surface area (TPSA) is 78.9 Å². The van der Waals surface area contributed by atoms with Crippen LogP contribution in [0.1, 0.15) is 51.0 Å². The molecule has 0 bridgehead atoms. The Kier molecular flexibility index (Phi) is 7.08. The third kappa shape index (κ3) is 5.54. The number of nitrogens with one attached hydrogen (secondary N) is 2. The number of rotatable bonds is 8. The molecule has 9 heteroatoms. The number of fused-ring (bicyclic) bond motifs is 1. The Morgan fingerprint density at radius 2 is 1.77 bits per heavy atom. The maximum atomic E-state index is 14.2. The molecule has 0 radical (unpaired) electrons. The normalized spacial score (nSPS) is 16.6. The Morgan fingerprint density at radius 3 is 2.49 bits per heavy atom. The van der Waals surface area contributed by atoms with Crippen LogP contribution in [0.25, 0.3) is 22.3 Å². The lowest BCUT2D eigenvalue weighted by molar-refractivity contribution is 0.153. The number of hydrogen-bond donors (Lipinski definition) is 2. The zero-order chi connectivity index (χ0) is 26.9. The minimum Gasteiger partial charge on any atom is -0.369 e. The molecule has 0 spiro atoms. The Hall–Kier alpha value is -3.72. The highest BCUT2D eigenvalue weighted by molar-refractivity contribution is 5.93. The van der Waals surface area contributed by atoms with Gasteiger partial charge in [-0.1, -0.05) is 6.07 Å². The monoisotopic (exact) mass is 529 g/mol. The van der Waals surface area contributed by atoms with E-state index in [0.29, 0.717) is 35.1 Å². The van der Waals surface area contributed by atoms with E-state index in [4.69, 9.17) is 9.97 Å². The number of benzene rings is 1. The van der Waals surface area contributed by atoms with E-state index < -0.39 is 11.6 Å². The molecule has 1 aromatic carbocycles. The summed E-state index contributed by atoms with van der Waals surface area (Å²) in [4.78, 5) is 21.1. The molecular weight excluding hydrogens is 496 g/mol. The van der Waals surface area contributed by atoms with Crippen molar-refractivity contribution in [3.63, 3.8) is 0 Å². The van der Waals surface area contributed by atoms with Crippen LogP contribution in [0.15, 0.2) is 48.9 Å². The largest absolute Gasteiger partial charge is 0.369 e. The van der Waals surface area contributed by atoms with Crippen molar-refractivity contribution in [3.05, 3.63) is 66.1 Å². The quantitative estimate of drug-likeness (QED) is 0.269. The molecule has 2 N–H and O–H groups in total. The highest BCUT2D eigenvalue weighted by Crippen LogP contribution is 2.44. The third-order valence-corrected chi connectivity index (χ3v) is 7.82. The van der Waals surface area contributed by atoms with Crippen LogP contribution >= 0.6 is 0 Å². The standard InChI is InChI=1S/C30H33F2N7/c1-18(2)39-12-9-19(10-13-39)15-35-30-27-22(20-6-7-20)16-33-17-25(27)36-29(38-30)21-8-11-34-26(14-21)37-28-23(31)4-3-5-24(28)32/h3-5,8,11,14,16-20H,6-7,9-10,12-13,15H2,1-2H3,(H,34,37)(H,35,36,38). The first-order chi connectivity index (χ1) is 19.0. The zero-order valence-corrected chi connectivity index (χ0v) is 22.3. The second-order valence-electron chi connectivity index (χ2n) is 10.9. The van der Waals surface area contributed by atoms with E-state index in [1.807, 2.05) is 6.20 Å². The molecule has 3 aromatic heterocycles. The first-order valence-electron chi connectivity index (χ1n) is 13.8. The van der Waals surface area contributed by atoms with Crippen molar-refractivity contribution in [2.45, 2.75) is 51.5 Å². The van der Waals surface area contributed by atoms with E-state index in [1.54, 1.807) is 24.5 Å². The number of aromatic nitrogens is 4. The van der Waals surface area contributed by atoms with Gasteiger partial charge < -0.3 is 15.5 Å². The predicted octanol–water partition coefficient (Wildman–Crippen LogP) is 6.52. The van der Waals surface area contributed by atoms with Gasteiger partial charge in [-0.05, 0) is 94.3 Å². The summed E-state index contributed by atoms with van der Waals surface area (Å²) < 4.78 is 28.4. The van der Waals surface area contributed by atoms with Gasteiger partial charge in [-0.15, -0.1) is 0 Å². The molecule has 1 saturated carbocycles. The van der Waals surface area contributed by atoms with Crippen molar-refractivity contribution in [2.24, 2.45) is 5.92 Å². The number of anilines is 3. The van der Waals surface area contributed by atoms with Gasteiger partial charge in [0.25, 0.3) is 0 Å². The lowest BCUT2D eigenvalue weighted by atomic mass is 9.96. The SMILES string of the molecule is CC(C)N1CCC(CNc2nc(-c3ccnc(Nc4c(F)cccc4F)c3)nc3cncc(C4CC4)c23)CC1. The fourth-order valence-electron chi connectivity index (χ4n) is 5.37.